The Bertz CT molecular complexity index is 462. The van der Waals surface area contributed by atoms with E-state index in [4.69, 9.17) is 0 Å². The Morgan fingerprint density at radius 1 is 1.00 bits per heavy atom. The molecule has 1 aliphatic carbocycles. The first kappa shape index (κ1) is 16.2. The van der Waals surface area contributed by atoms with Crippen molar-refractivity contribution in [3.05, 3.63) is 0 Å². The number of nitrogens with one attached hydrogen (secondary N) is 1. The topological polar surface area (TPSA) is 55.8 Å². The van der Waals surface area contributed by atoms with E-state index >= 15 is 0 Å². The molecule has 5 heteroatoms. The molecule has 1 saturated carbocycles. The third-order valence-corrected chi connectivity index (χ3v) is 6.53. The molecule has 0 atom stereocenters. The summed E-state index contributed by atoms with van der Waals surface area (Å²) in [5, 5.41) is 15.8. The van der Waals surface area contributed by atoms with Gasteiger partial charge in [-0.05, 0) is 73.3 Å². The summed E-state index contributed by atoms with van der Waals surface area (Å²) in [6, 6.07) is 0. The molecule has 0 aromatic heterocycles. The Kier molecular flexibility index (Phi) is 3.45. The lowest BCUT2D eigenvalue weighted by molar-refractivity contribution is -0.248. The normalized spacial score (nSPS) is 33.3. The van der Waals surface area contributed by atoms with Gasteiger partial charge in [0.25, 0.3) is 0 Å². The van der Waals surface area contributed by atoms with Crippen LogP contribution in [0.5, 0.6) is 0 Å². The molecule has 0 radical (unpaired) electrons. The van der Waals surface area contributed by atoms with E-state index in [0.29, 0.717) is 12.8 Å². The Balaban J connectivity index is 2.00. The lowest BCUT2D eigenvalue weighted by Gasteiger charge is -2.58. The summed E-state index contributed by atoms with van der Waals surface area (Å²) in [5.41, 5.74) is -1.60. The molecule has 0 unspecified atom stereocenters. The van der Waals surface area contributed by atoms with Crippen molar-refractivity contribution < 1.29 is 10.0 Å². The number of carbonyl (C=O) groups is 1. The summed E-state index contributed by atoms with van der Waals surface area (Å²) in [4.78, 5) is 15.3. The number of hydrogen-bond donors (Lipinski definition) is 2. The molecule has 0 aromatic carbocycles. The van der Waals surface area contributed by atoms with Crippen LogP contribution in [-0.4, -0.2) is 50.4 Å². The van der Waals surface area contributed by atoms with Crippen molar-refractivity contribution in [2.24, 2.45) is 0 Å². The number of likely N-dealkylation sites (tertiary alicyclic amines) is 1. The van der Waals surface area contributed by atoms with Crippen LogP contribution >= 0.6 is 0 Å². The Morgan fingerprint density at radius 2 is 1.50 bits per heavy atom. The van der Waals surface area contributed by atoms with Gasteiger partial charge in [-0.25, -0.2) is 0 Å². The predicted molar refractivity (Wildman–Crippen MR) is 85.5 cm³/mol. The zero-order valence-corrected chi connectivity index (χ0v) is 14.7. The van der Waals surface area contributed by atoms with E-state index in [2.05, 4.69) is 45.0 Å². The molecular weight excluding hydrogens is 278 g/mol. The minimum atomic E-state index is -0.795. The van der Waals surface area contributed by atoms with E-state index in [9.17, 15) is 10.0 Å². The van der Waals surface area contributed by atoms with Crippen molar-refractivity contribution in [3.8, 4) is 0 Å². The highest BCUT2D eigenvalue weighted by Gasteiger charge is 2.66. The van der Waals surface area contributed by atoms with E-state index in [1.165, 1.54) is 11.5 Å². The molecule has 0 bridgehead atoms. The quantitative estimate of drug-likeness (QED) is 0.722. The van der Waals surface area contributed by atoms with Crippen molar-refractivity contribution in [2.45, 2.75) is 94.9 Å². The van der Waals surface area contributed by atoms with E-state index in [1.54, 1.807) is 0 Å². The summed E-state index contributed by atoms with van der Waals surface area (Å²) in [6.45, 7) is 8.68. The number of amides is 1. The number of carbonyl (C=O) groups excluding carboxylic acids is 1. The van der Waals surface area contributed by atoms with Gasteiger partial charge in [0.1, 0.15) is 11.2 Å². The van der Waals surface area contributed by atoms with Gasteiger partial charge in [0.15, 0.2) is 0 Å². The van der Waals surface area contributed by atoms with Gasteiger partial charge >= 0.3 is 0 Å². The SMILES string of the molecule is CN1C(C)(C)CC2(CC1(C)C)C(=O)NC1(CCCCC1)N2O. The zero-order chi connectivity index (χ0) is 16.4. The summed E-state index contributed by atoms with van der Waals surface area (Å²) in [5.74, 6) is 0.0196. The Morgan fingerprint density at radius 3 is 2.00 bits per heavy atom. The second kappa shape index (κ2) is 4.68. The van der Waals surface area contributed by atoms with Crippen molar-refractivity contribution in [2.75, 3.05) is 7.05 Å². The zero-order valence-electron chi connectivity index (χ0n) is 14.7. The Hall–Kier alpha value is -0.650. The fourth-order valence-corrected chi connectivity index (χ4v) is 5.22. The summed E-state index contributed by atoms with van der Waals surface area (Å²) in [6.07, 6.45) is 6.35. The van der Waals surface area contributed by atoms with Crippen LogP contribution in [0.25, 0.3) is 0 Å². The van der Waals surface area contributed by atoms with E-state index < -0.39 is 11.2 Å². The molecule has 2 heterocycles. The maximum Gasteiger partial charge on any atom is 0.244 e. The second-order valence-electron chi connectivity index (χ2n) is 8.93. The smallest absolute Gasteiger partial charge is 0.244 e. The van der Waals surface area contributed by atoms with Crippen LogP contribution in [0, 0.1) is 0 Å². The molecule has 3 fully saturated rings. The molecule has 5 nitrogen and oxygen atoms in total. The molecule has 0 aromatic rings. The highest BCUT2D eigenvalue weighted by Crippen LogP contribution is 2.51. The molecule has 2 spiro atoms. The van der Waals surface area contributed by atoms with Gasteiger partial charge in [-0.1, -0.05) is 6.42 Å². The molecule has 2 aliphatic heterocycles. The molecule has 22 heavy (non-hydrogen) atoms. The lowest BCUT2D eigenvalue weighted by atomic mass is 9.69. The molecule has 3 aliphatic rings. The van der Waals surface area contributed by atoms with Gasteiger partial charge in [0, 0.05) is 11.1 Å². The maximum atomic E-state index is 13.0. The van der Waals surface area contributed by atoms with Crippen LogP contribution in [0.1, 0.15) is 72.6 Å². The fourth-order valence-electron chi connectivity index (χ4n) is 5.22. The standard InChI is InChI=1S/C17H31N3O2/c1-14(2)11-16(12-15(3,4)19(14)5)13(21)18-17(20(16)22)9-7-6-8-10-17/h22H,6-12H2,1-5H3,(H,18,21). The first-order valence-corrected chi connectivity index (χ1v) is 8.62. The molecule has 1 amide bonds. The molecule has 2 N–H and O–H groups in total. The van der Waals surface area contributed by atoms with Crippen molar-refractivity contribution >= 4 is 5.91 Å². The van der Waals surface area contributed by atoms with Gasteiger partial charge in [0.05, 0.1) is 0 Å². The third kappa shape index (κ3) is 2.05. The summed E-state index contributed by atoms with van der Waals surface area (Å²) in [7, 11) is 2.12. The van der Waals surface area contributed by atoms with E-state index in [-0.39, 0.29) is 17.0 Å². The number of hydroxylamine groups is 2. The number of hydrogen-bond acceptors (Lipinski definition) is 4. The number of nitrogens with zero attached hydrogens (tertiary/aromatic N) is 2. The van der Waals surface area contributed by atoms with Crippen LogP contribution < -0.4 is 5.32 Å². The van der Waals surface area contributed by atoms with Crippen molar-refractivity contribution in [1.82, 2.24) is 15.3 Å². The summed E-state index contributed by atoms with van der Waals surface area (Å²) < 4.78 is 0. The Labute approximate surface area is 134 Å². The number of piperidine rings is 1. The highest BCUT2D eigenvalue weighted by atomic mass is 16.5. The van der Waals surface area contributed by atoms with E-state index in [1.807, 2.05) is 0 Å². The van der Waals surface area contributed by atoms with Crippen LogP contribution in [0.3, 0.4) is 0 Å². The van der Waals surface area contributed by atoms with Gasteiger partial charge in [0.2, 0.25) is 5.91 Å². The van der Waals surface area contributed by atoms with Crippen LogP contribution in [0.2, 0.25) is 0 Å². The molecule has 3 rings (SSSR count). The average Bonchev–Trinajstić information content (AvgIpc) is 2.59. The monoisotopic (exact) mass is 309 g/mol. The van der Waals surface area contributed by atoms with Crippen molar-refractivity contribution in [1.29, 1.82) is 0 Å². The molecular formula is C17H31N3O2. The first-order valence-electron chi connectivity index (χ1n) is 8.62. The van der Waals surface area contributed by atoms with Crippen molar-refractivity contribution in [3.63, 3.8) is 0 Å². The van der Waals surface area contributed by atoms with Gasteiger partial charge in [-0.15, -0.1) is 0 Å². The fraction of sp³-hybridized carbons (Fsp3) is 0.941. The summed E-state index contributed by atoms with van der Waals surface area (Å²) >= 11 is 0. The number of rotatable bonds is 0. The predicted octanol–water partition coefficient (Wildman–Crippen LogP) is 2.49. The highest BCUT2D eigenvalue weighted by molar-refractivity contribution is 5.89. The maximum absolute atomic E-state index is 13.0. The largest absolute Gasteiger partial charge is 0.334 e. The minimum Gasteiger partial charge on any atom is -0.334 e. The van der Waals surface area contributed by atoms with Gasteiger partial charge < -0.3 is 10.5 Å². The minimum absolute atomic E-state index is 0.0196. The van der Waals surface area contributed by atoms with E-state index in [0.717, 1.165) is 25.7 Å². The molecule has 2 saturated heterocycles. The average molecular weight is 309 g/mol. The second-order valence-corrected chi connectivity index (χ2v) is 8.93. The third-order valence-electron chi connectivity index (χ3n) is 6.53. The van der Waals surface area contributed by atoms with Crippen LogP contribution in [0.4, 0.5) is 0 Å². The van der Waals surface area contributed by atoms with Gasteiger partial charge in [-0.3, -0.25) is 9.69 Å². The van der Waals surface area contributed by atoms with Gasteiger partial charge in [-0.2, -0.15) is 5.06 Å². The van der Waals surface area contributed by atoms with Crippen LogP contribution in [-0.2, 0) is 4.79 Å². The molecule has 126 valence electrons. The first-order chi connectivity index (χ1) is 10.1. The lowest BCUT2D eigenvalue weighted by Crippen LogP contribution is -2.69. The van der Waals surface area contributed by atoms with Crippen LogP contribution in [0.15, 0.2) is 0 Å².